The number of alkyl halides is 2. The molecule has 0 fully saturated rings. The molecule has 0 unspecified atom stereocenters. The number of hydrogen-bond acceptors (Lipinski definition) is 5. The standard InChI is InChI=1S/C18H16F2N4OS2/c1-11(16(25)21-13-7-9-14(10-8-13)27-17(19)20)26-18-22-15(23-24-18)12-5-3-2-4-6-12/h2-11,17H,1H3,(H,21,25)(H,22,23,24)/t11-/m1/s1. The van der Waals surface area contributed by atoms with E-state index in [-0.39, 0.29) is 5.91 Å². The SMILES string of the molecule is C[C@@H](Sc1n[nH]c(-c2ccccc2)n1)C(=O)Nc1ccc(SC(F)F)cc1. The Morgan fingerprint density at radius 3 is 2.44 bits per heavy atom. The van der Waals surface area contributed by atoms with Crippen molar-refractivity contribution in [3.63, 3.8) is 0 Å². The molecule has 3 aromatic rings. The van der Waals surface area contributed by atoms with Crippen molar-refractivity contribution in [3.05, 3.63) is 54.6 Å². The van der Waals surface area contributed by atoms with Crippen molar-refractivity contribution in [2.24, 2.45) is 0 Å². The van der Waals surface area contributed by atoms with Crippen molar-refractivity contribution in [1.29, 1.82) is 0 Å². The first kappa shape index (κ1) is 19.4. The van der Waals surface area contributed by atoms with Gasteiger partial charge in [0.2, 0.25) is 11.1 Å². The minimum absolute atomic E-state index is 0.222. The normalized spacial score (nSPS) is 12.1. The third-order valence-electron chi connectivity index (χ3n) is 3.51. The number of nitrogens with zero attached hydrogens (tertiary/aromatic N) is 2. The van der Waals surface area contributed by atoms with Crippen LogP contribution in [0.4, 0.5) is 14.5 Å². The predicted molar refractivity (Wildman–Crippen MR) is 104 cm³/mol. The largest absolute Gasteiger partial charge is 0.325 e. The van der Waals surface area contributed by atoms with Crippen molar-refractivity contribution >= 4 is 35.1 Å². The lowest BCUT2D eigenvalue weighted by molar-refractivity contribution is -0.115. The molecule has 1 atom stereocenters. The number of thioether (sulfide) groups is 2. The fourth-order valence-electron chi connectivity index (χ4n) is 2.20. The van der Waals surface area contributed by atoms with Gasteiger partial charge in [-0.1, -0.05) is 53.9 Å². The Balaban J connectivity index is 1.57. The molecule has 1 amide bonds. The summed E-state index contributed by atoms with van der Waals surface area (Å²) >= 11 is 1.69. The molecule has 2 aromatic carbocycles. The van der Waals surface area contributed by atoms with Crippen molar-refractivity contribution in [3.8, 4) is 11.4 Å². The summed E-state index contributed by atoms with van der Waals surface area (Å²) in [6.07, 6.45) is 0. The average molecular weight is 406 g/mol. The van der Waals surface area contributed by atoms with Crippen LogP contribution in [0.2, 0.25) is 0 Å². The molecule has 0 saturated carbocycles. The van der Waals surface area contributed by atoms with Gasteiger partial charge in [-0.25, -0.2) is 4.98 Å². The molecule has 0 bridgehead atoms. The molecule has 0 saturated heterocycles. The second-order valence-electron chi connectivity index (χ2n) is 5.48. The summed E-state index contributed by atoms with van der Waals surface area (Å²) in [5.41, 5.74) is 1.46. The van der Waals surface area contributed by atoms with Crippen LogP contribution < -0.4 is 5.32 Å². The molecule has 0 aliphatic carbocycles. The number of hydrogen-bond donors (Lipinski definition) is 2. The van der Waals surface area contributed by atoms with E-state index in [1.54, 1.807) is 31.2 Å². The molecule has 0 radical (unpaired) electrons. The molecule has 140 valence electrons. The molecular weight excluding hydrogens is 390 g/mol. The molecule has 9 heteroatoms. The Morgan fingerprint density at radius 1 is 1.07 bits per heavy atom. The van der Waals surface area contributed by atoms with Gasteiger partial charge in [-0.05, 0) is 31.2 Å². The van der Waals surface area contributed by atoms with Crippen LogP contribution in [0.1, 0.15) is 6.92 Å². The van der Waals surface area contributed by atoms with Gasteiger partial charge >= 0.3 is 0 Å². The number of benzene rings is 2. The molecule has 0 spiro atoms. The summed E-state index contributed by atoms with van der Waals surface area (Å²) < 4.78 is 24.7. The number of H-pyrrole nitrogens is 1. The lowest BCUT2D eigenvalue weighted by atomic mass is 10.2. The molecule has 3 rings (SSSR count). The first-order valence-electron chi connectivity index (χ1n) is 8.01. The van der Waals surface area contributed by atoms with Gasteiger partial charge in [-0.2, -0.15) is 8.78 Å². The van der Waals surface area contributed by atoms with E-state index in [4.69, 9.17) is 0 Å². The van der Waals surface area contributed by atoms with Crippen LogP contribution in [-0.4, -0.2) is 32.1 Å². The van der Waals surface area contributed by atoms with Crippen LogP contribution in [0, 0.1) is 0 Å². The fourth-order valence-corrected chi connectivity index (χ4v) is 3.42. The number of anilines is 1. The van der Waals surface area contributed by atoms with E-state index in [9.17, 15) is 13.6 Å². The highest BCUT2D eigenvalue weighted by molar-refractivity contribution is 8.00. The highest BCUT2D eigenvalue weighted by Crippen LogP contribution is 2.27. The third kappa shape index (κ3) is 5.54. The first-order valence-corrected chi connectivity index (χ1v) is 9.77. The number of carbonyl (C=O) groups is 1. The fraction of sp³-hybridized carbons (Fsp3) is 0.167. The Bertz CT molecular complexity index is 888. The minimum Gasteiger partial charge on any atom is -0.325 e. The van der Waals surface area contributed by atoms with E-state index in [2.05, 4.69) is 20.5 Å². The minimum atomic E-state index is -2.47. The van der Waals surface area contributed by atoms with Crippen LogP contribution in [-0.2, 0) is 4.79 Å². The van der Waals surface area contributed by atoms with Gasteiger partial charge in [0.15, 0.2) is 5.82 Å². The van der Waals surface area contributed by atoms with Crippen molar-refractivity contribution in [2.45, 2.75) is 28.0 Å². The van der Waals surface area contributed by atoms with Gasteiger partial charge in [-0.15, -0.1) is 5.10 Å². The molecule has 27 heavy (non-hydrogen) atoms. The summed E-state index contributed by atoms with van der Waals surface area (Å²) in [6.45, 7) is 1.75. The maximum atomic E-state index is 12.3. The summed E-state index contributed by atoms with van der Waals surface area (Å²) in [7, 11) is 0. The van der Waals surface area contributed by atoms with Crippen LogP contribution in [0.5, 0.6) is 0 Å². The maximum absolute atomic E-state index is 12.3. The lowest BCUT2D eigenvalue weighted by Crippen LogP contribution is -2.22. The van der Waals surface area contributed by atoms with Crippen molar-refractivity contribution < 1.29 is 13.6 Å². The maximum Gasteiger partial charge on any atom is 0.288 e. The van der Waals surface area contributed by atoms with E-state index in [1.165, 1.54) is 11.8 Å². The van der Waals surface area contributed by atoms with E-state index in [0.29, 0.717) is 33.3 Å². The lowest BCUT2D eigenvalue weighted by Gasteiger charge is -2.10. The third-order valence-corrected chi connectivity index (χ3v) is 5.19. The monoisotopic (exact) mass is 406 g/mol. The van der Waals surface area contributed by atoms with Gasteiger partial charge < -0.3 is 5.32 Å². The van der Waals surface area contributed by atoms with Gasteiger partial charge in [0.1, 0.15) is 0 Å². The van der Waals surface area contributed by atoms with E-state index < -0.39 is 11.0 Å². The molecule has 1 heterocycles. The summed E-state index contributed by atoms with van der Waals surface area (Å²) in [6, 6.07) is 15.9. The molecule has 2 N–H and O–H groups in total. The van der Waals surface area contributed by atoms with Gasteiger partial charge in [0.25, 0.3) is 5.76 Å². The second-order valence-corrected chi connectivity index (χ2v) is 7.86. The molecule has 0 aliphatic heterocycles. The molecule has 1 aromatic heterocycles. The van der Waals surface area contributed by atoms with Crippen LogP contribution in [0.3, 0.4) is 0 Å². The number of aromatic nitrogens is 3. The van der Waals surface area contributed by atoms with E-state index in [0.717, 1.165) is 5.56 Å². The zero-order valence-corrected chi connectivity index (χ0v) is 15.9. The quantitative estimate of drug-likeness (QED) is 0.546. The van der Waals surface area contributed by atoms with E-state index >= 15 is 0 Å². The average Bonchev–Trinajstić information content (AvgIpc) is 3.12. The first-order chi connectivity index (χ1) is 13.0. The highest BCUT2D eigenvalue weighted by atomic mass is 32.2. The number of carbonyl (C=O) groups excluding carboxylic acids is 1. The Hall–Kier alpha value is -2.39. The number of nitrogens with one attached hydrogen (secondary N) is 2. The van der Waals surface area contributed by atoms with E-state index in [1.807, 2.05) is 30.3 Å². The van der Waals surface area contributed by atoms with Gasteiger partial charge in [0, 0.05) is 16.1 Å². The summed E-state index contributed by atoms with van der Waals surface area (Å²) in [5.74, 6) is -2.05. The number of amides is 1. The summed E-state index contributed by atoms with van der Waals surface area (Å²) in [4.78, 5) is 17.2. The number of aromatic amines is 1. The summed E-state index contributed by atoms with van der Waals surface area (Å²) in [5, 5.41) is 9.79. The van der Waals surface area contributed by atoms with Crippen LogP contribution >= 0.6 is 23.5 Å². The Morgan fingerprint density at radius 2 is 1.78 bits per heavy atom. The predicted octanol–water partition coefficient (Wildman–Crippen LogP) is 4.91. The zero-order valence-electron chi connectivity index (χ0n) is 14.2. The van der Waals surface area contributed by atoms with Crippen molar-refractivity contribution in [1.82, 2.24) is 15.2 Å². The Labute approximate surface area is 163 Å². The molecule has 5 nitrogen and oxygen atoms in total. The molecule has 0 aliphatic rings. The van der Waals surface area contributed by atoms with Gasteiger partial charge in [-0.3, -0.25) is 9.89 Å². The Kier molecular flexibility index (Phi) is 6.46. The van der Waals surface area contributed by atoms with Crippen LogP contribution in [0.15, 0.2) is 64.6 Å². The molecular formula is C18H16F2N4OS2. The highest BCUT2D eigenvalue weighted by Gasteiger charge is 2.18. The van der Waals surface area contributed by atoms with Gasteiger partial charge in [0.05, 0.1) is 5.25 Å². The smallest absolute Gasteiger partial charge is 0.288 e. The van der Waals surface area contributed by atoms with Crippen LogP contribution in [0.25, 0.3) is 11.4 Å². The van der Waals surface area contributed by atoms with Crippen molar-refractivity contribution in [2.75, 3.05) is 5.32 Å². The zero-order chi connectivity index (χ0) is 19.2. The number of rotatable bonds is 7. The topological polar surface area (TPSA) is 70.7 Å². The number of halogens is 2. The second kappa shape index (κ2) is 9.01.